The second-order valence-corrected chi connectivity index (χ2v) is 8.15. The number of aromatic amines is 1. The van der Waals surface area contributed by atoms with Crippen LogP contribution in [0, 0.1) is 25.7 Å². The Hall–Kier alpha value is -2.89. The minimum Gasteiger partial charge on any atom is -0.340 e. The second kappa shape index (κ2) is 7.26. The van der Waals surface area contributed by atoms with E-state index in [0.717, 1.165) is 47.2 Å². The SMILES string of the molecule is Cc1ccccc1-n1[nH]c(-c2cnc(N3CC(C)CC(C)C3)nc2C)cc1=O. The van der Waals surface area contributed by atoms with Gasteiger partial charge in [0.1, 0.15) is 0 Å². The van der Waals surface area contributed by atoms with E-state index in [-0.39, 0.29) is 5.56 Å². The summed E-state index contributed by atoms with van der Waals surface area (Å²) in [5.74, 6) is 2.07. The quantitative estimate of drug-likeness (QED) is 0.755. The van der Waals surface area contributed by atoms with Crippen LogP contribution in [0.3, 0.4) is 0 Å². The van der Waals surface area contributed by atoms with Gasteiger partial charge >= 0.3 is 0 Å². The summed E-state index contributed by atoms with van der Waals surface area (Å²) >= 11 is 0. The maximum absolute atomic E-state index is 12.5. The van der Waals surface area contributed by atoms with E-state index >= 15 is 0 Å². The molecule has 6 nitrogen and oxygen atoms in total. The summed E-state index contributed by atoms with van der Waals surface area (Å²) in [4.78, 5) is 24.2. The number of hydrogen-bond acceptors (Lipinski definition) is 4. The number of aromatic nitrogens is 4. The lowest BCUT2D eigenvalue weighted by Gasteiger charge is -2.35. The van der Waals surface area contributed by atoms with Crippen molar-refractivity contribution >= 4 is 5.95 Å². The van der Waals surface area contributed by atoms with Crippen molar-refractivity contribution in [2.75, 3.05) is 18.0 Å². The van der Waals surface area contributed by atoms with E-state index in [1.165, 1.54) is 6.42 Å². The van der Waals surface area contributed by atoms with Crippen LogP contribution in [0.25, 0.3) is 16.9 Å². The Morgan fingerprint density at radius 2 is 1.82 bits per heavy atom. The maximum atomic E-state index is 12.5. The third-order valence-electron chi connectivity index (χ3n) is 5.49. The number of nitrogens with zero attached hydrogens (tertiary/aromatic N) is 4. The molecule has 0 radical (unpaired) electrons. The number of hydrogen-bond donors (Lipinski definition) is 1. The van der Waals surface area contributed by atoms with Crippen molar-refractivity contribution < 1.29 is 0 Å². The Kier molecular flexibility index (Phi) is 4.79. The van der Waals surface area contributed by atoms with Gasteiger partial charge in [0.15, 0.2) is 0 Å². The highest BCUT2D eigenvalue weighted by Crippen LogP contribution is 2.26. The first kappa shape index (κ1) is 18.5. The number of para-hydroxylation sites is 1. The van der Waals surface area contributed by atoms with Crippen LogP contribution in [-0.2, 0) is 0 Å². The summed E-state index contributed by atoms with van der Waals surface area (Å²) in [5, 5.41) is 3.22. The smallest absolute Gasteiger partial charge is 0.271 e. The van der Waals surface area contributed by atoms with Gasteiger partial charge in [-0.1, -0.05) is 32.0 Å². The first-order valence-electron chi connectivity index (χ1n) is 9.89. The van der Waals surface area contributed by atoms with Crippen molar-refractivity contribution in [3.05, 3.63) is 58.1 Å². The molecule has 2 unspecified atom stereocenters. The van der Waals surface area contributed by atoms with Gasteiger partial charge in [0.25, 0.3) is 5.56 Å². The molecule has 6 heteroatoms. The minimum absolute atomic E-state index is 0.0912. The summed E-state index contributed by atoms with van der Waals surface area (Å²) < 4.78 is 1.58. The highest BCUT2D eigenvalue weighted by molar-refractivity contribution is 5.61. The van der Waals surface area contributed by atoms with Gasteiger partial charge in [-0.2, -0.15) is 0 Å². The first-order chi connectivity index (χ1) is 13.4. The van der Waals surface area contributed by atoms with E-state index in [4.69, 9.17) is 4.98 Å². The Bertz CT molecular complexity index is 1040. The fraction of sp³-hybridized carbons (Fsp3) is 0.409. The molecule has 1 fully saturated rings. The molecule has 28 heavy (non-hydrogen) atoms. The highest BCUT2D eigenvalue weighted by atomic mass is 16.1. The third kappa shape index (κ3) is 3.46. The summed E-state index contributed by atoms with van der Waals surface area (Å²) in [6.07, 6.45) is 3.08. The van der Waals surface area contributed by atoms with Crippen molar-refractivity contribution in [2.24, 2.45) is 11.8 Å². The number of benzene rings is 1. The molecule has 3 aromatic rings. The normalized spacial score (nSPS) is 19.8. The Labute approximate surface area is 165 Å². The molecule has 2 aromatic heterocycles. The highest BCUT2D eigenvalue weighted by Gasteiger charge is 2.24. The van der Waals surface area contributed by atoms with Crippen LogP contribution in [0.15, 0.2) is 41.3 Å². The van der Waals surface area contributed by atoms with Gasteiger partial charge in [0, 0.05) is 30.9 Å². The van der Waals surface area contributed by atoms with Crippen LogP contribution in [-0.4, -0.2) is 32.8 Å². The van der Waals surface area contributed by atoms with Gasteiger partial charge in [0.05, 0.1) is 17.1 Å². The van der Waals surface area contributed by atoms with E-state index in [0.29, 0.717) is 11.8 Å². The number of piperidine rings is 1. The van der Waals surface area contributed by atoms with Gasteiger partial charge < -0.3 is 4.90 Å². The van der Waals surface area contributed by atoms with Crippen molar-refractivity contribution in [2.45, 2.75) is 34.1 Å². The van der Waals surface area contributed by atoms with Crippen molar-refractivity contribution in [1.82, 2.24) is 19.7 Å². The molecule has 1 N–H and O–H groups in total. The van der Waals surface area contributed by atoms with Crippen LogP contribution in [0.2, 0.25) is 0 Å². The van der Waals surface area contributed by atoms with Gasteiger partial charge in [0.2, 0.25) is 5.95 Å². The lowest BCUT2D eigenvalue weighted by Crippen LogP contribution is -2.39. The average molecular weight is 377 g/mol. The van der Waals surface area contributed by atoms with Gasteiger partial charge in [-0.15, -0.1) is 0 Å². The lowest BCUT2D eigenvalue weighted by atomic mass is 9.92. The molecule has 146 valence electrons. The first-order valence-corrected chi connectivity index (χ1v) is 9.89. The minimum atomic E-state index is -0.0912. The summed E-state index contributed by atoms with van der Waals surface area (Å²) in [6.45, 7) is 10.5. The average Bonchev–Trinajstić information content (AvgIpc) is 3.02. The zero-order chi connectivity index (χ0) is 19.8. The molecule has 4 rings (SSSR count). The predicted octanol–water partition coefficient (Wildman–Crippen LogP) is 3.72. The van der Waals surface area contributed by atoms with E-state index in [1.807, 2.05) is 44.3 Å². The van der Waals surface area contributed by atoms with Crippen LogP contribution in [0.1, 0.15) is 31.5 Å². The van der Waals surface area contributed by atoms with Gasteiger partial charge in [-0.25, -0.2) is 14.6 Å². The molecule has 1 aliphatic rings. The third-order valence-corrected chi connectivity index (χ3v) is 5.49. The van der Waals surface area contributed by atoms with E-state index < -0.39 is 0 Å². The van der Waals surface area contributed by atoms with E-state index in [9.17, 15) is 4.79 Å². The fourth-order valence-electron chi connectivity index (χ4n) is 4.22. The molecule has 0 amide bonds. The molecular weight excluding hydrogens is 350 g/mol. The van der Waals surface area contributed by atoms with Gasteiger partial charge in [-0.05, 0) is 43.7 Å². The molecule has 1 saturated heterocycles. The molecular formula is C22H27N5O. The zero-order valence-electron chi connectivity index (χ0n) is 16.9. The summed E-state index contributed by atoms with van der Waals surface area (Å²) in [5.41, 5.74) is 4.25. The number of anilines is 1. The zero-order valence-corrected chi connectivity index (χ0v) is 16.9. The van der Waals surface area contributed by atoms with Crippen molar-refractivity contribution in [3.63, 3.8) is 0 Å². The summed E-state index contributed by atoms with van der Waals surface area (Å²) in [6, 6.07) is 9.43. The standard InChI is InChI=1S/C22H27N5O/c1-14-9-15(2)13-26(12-14)22-23-11-18(17(4)24-22)19-10-21(28)27(25-19)20-8-6-5-7-16(20)3/h5-8,10-11,14-15,25H,9,12-13H2,1-4H3. The summed E-state index contributed by atoms with van der Waals surface area (Å²) in [7, 11) is 0. The molecule has 0 aliphatic carbocycles. The predicted molar refractivity (Wildman–Crippen MR) is 112 cm³/mol. The lowest BCUT2D eigenvalue weighted by molar-refractivity contribution is 0.353. The molecule has 0 bridgehead atoms. The topological polar surface area (TPSA) is 66.8 Å². The molecule has 3 heterocycles. The second-order valence-electron chi connectivity index (χ2n) is 8.15. The largest absolute Gasteiger partial charge is 0.340 e. The Morgan fingerprint density at radius 1 is 1.11 bits per heavy atom. The molecule has 1 aromatic carbocycles. The molecule has 0 spiro atoms. The van der Waals surface area contributed by atoms with Crippen LogP contribution >= 0.6 is 0 Å². The molecule has 0 saturated carbocycles. The molecule has 1 aliphatic heterocycles. The monoisotopic (exact) mass is 377 g/mol. The number of rotatable bonds is 3. The fourth-order valence-corrected chi connectivity index (χ4v) is 4.22. The Balaban J connectivity index is 1.67. The number of nitrogens with one attached hydrogen (secondary N) is 1. The van der Waals surface area contributed by atoms with Crippen molar-refractivity contribution in [1.29, 1.82) is 0 Å². The Morgan fingerprint density at radius 3 is 2.50 bits per heavy atom. The number of aryl methyl sites for hydroxylation is 2. The van der Waals surface area contributed by atoms with Crippen LogP contribution in [0.4, 0.5) is 5.95 Å². The number of H-pyrrole nitrogens is 1. The molecule has 2 atom stereocenters. The van der Waals surface area contributed by atoms with E-state index in [2.05, 4.69) is 28.8 Å². The maximum Gasteiger partial charge on any atom is 0.271 e. The van der Waals surface area contributed by atoms with Crippen LogP contribution in [0.5, 0.6) is 0 Å². The van der Waals surface area contributed by atoms with Crippen LogP contribution < -0.4 is 10.5 Å². The van der Waals surface area contributed by atoms with Gasteiger partial charge in [-0.3, -0.25) is 9.89 Å². The van der Waals surface area contributed by atoms with Crippen molar-refractivity contribution in [3.8, 4) is 16.9 Å². The van der Waals surface area contributed by atoms with E-state index in [1.54, 1.807) is 10.7 Å².